The number of rotatable bonds is 3. The fourth-order valence-corrected chi connectivity index (χ4v) is 2.09. The summed E-state index contributed by atoms with van der Waals surface area (Å²) in [6.07, 6.45) is -0.591. The van der Waals surface area contributed by atoms with Gasteiger partial charge < -0.3 is 9.84 Å². The van der Waals surface area contributed by atoms with Crippen molar-refractivity contribution in [2.24, 2.45) is 0 Å². The summed E-state index contributed by atoms with van der Waals surface area (Å²) >= 11 is 9.44. The van der Waals surface area contributed by atoms with Crippen LogP contribution in [0.4, 0.5) is 0 Å². The topological polar surface area (TPSA) is 29.5 Å². The molecule has 4 heteroatoms. The molecule has 2 nitrogen and oxygen atoms in total. The zero-order chi connectivity index (χ0) is 13.1. The molecular weight excluding hydrogens is 316 g/mol. The third-order valence-corrected chi connectivity index (χ3v) is 3.29. The SMILES string of the molecule is C[C@@H](O)c1ccccc1Oc1cc(Br)ccc1Cl. The molecule has 1 N–H and O–H groups in total. The average molecular weight is 328 g/mol. The highest BCUT2D eigenvalue weighted by Gasteiger charge is 2.11. The van der Waals surface area contributed by atoms with E-state index in [9.17, 15) is 5.11 Å². The first-order chi connectivity index (χ1) is 8.58. The molecule has 0 radical (unpaired) electrons. The Hall–Kier alpha value is -1.03. The van der Waals surface area contributed by atoms with Crippen LogP contribution in [0.1, 0.15) is 18.6 Å². The molecule has 0 spiro atoms. The summed E-state index contributed by atoms with van der Waals surface area (Å²) in [5, 5.41) is 10.2. The summed E-state index contributed by atoms with van der Waals surface area (Å²) < 4.78 is 6.65. The van der Waals surface area contributed by atoms with Crippen molar-refractivity contribution in [3.05, 3.63) is 57.5 Å². The molecule has 0 aliphatic rings. The van der Waals surface area contributed by atoms with E-state index in [1.165, 1.54) is 0 Å². The van der Waals surface area contributed by atoms with E-state index in [1.54, 1.807) is 25.1 Å². The Kier molecular flexibility index (Phi) is 4.27. The van der Waals surface area contributed by atoms with Crippen molar-refractivity contribution in [2.75, 3.05) is 0 Å². The largest absolute Gasteiger partial charge is 0.455 e. The lowest BCUT2D eigenvalue weighted by Crippen LogP contribution is -1.96. The van der Waals surface area contributed by atoms with Crippen LogP contribution < -0.4 is 4.74 Å². The van der Waals surface area contributed by atoms with Crippen LogP contribution in [-0.4, -0.2) is 5.11 Å². The number of halogens is 2. The Bertz CT molecular complexity index is 555. The highest BCUT2D eigenvalue weighted by Crippen LogP contribution is 2.35. The minimum Gasteiger partial charge on any atom is -0.455 e. The van der Waals surface area contributed by atoms with Gasteiger partial charge in [0.25, 0.3) is 0 Å². The van der Waals surface area contributed by atoms with Crippen LogP contribution in [0.5, 0.6) is 11.5 Å². The van der Waals surface area contributed by atoms with Gasteiger partial charge in [-0.2, -0.15) is 0 Å². The van der Waals surface area contributed by atoms with Gasteiger partial charge in [0, 0.05) is 10.0 Å². The molecule has 0 fully saturated rings. The van der Waals surface area contributed by atoms with Crippen molar-refractivity contribution >= 4 is 27.5 Å². The van der Waals surface area contributed by atoms with E-state index >= 15 is 0 Å². The van der Waals surface area contributed by atoms with Crippen LogP contribution in [0.15, 0.2) is 46.9 Å². The van der Waals surface area contributed by atoms with Crippen molar-refractivity contribution in [3.63, 3.8) is 0 Å². The van der Waals surface area contributed by atoms with Gasteiger partial charge in [0.2, 0.25) is 0 Å². The van der Waals surface area contributed by atoms with E-state index in [1.807, 2.05) is 24.3 Å². The maximum absolute atomic E-state index is 9.68. The first-order valence-electron chi connectivity index (χ1n) is 5.48. The second kappa shape index (κ2) is 5.74. The van der Waals surface area contributed by atoms with Crippen molar-refractivity contribution < 1.29 is 9.84 Å². The molecule has 2 aromatic carbocycles. The van der Waals surface area contributed by atoms with Crippen LogP contribution in [0, 0.1) is 0 Å². The fourth-order valence-electron chi connectivity index (χ4n) is 1.59. The van der Waals surface area contributed by atoms with Gasteiger partial charge in [-0.1, -0.05) is 45.7 Å². The van der Waals surface area contributed by atoms with Crippen LogP contribution >= 0.6 is 27.5 Å². The lowest BCUT2D eigenvalue weighted by molar-refractivity contribution is 0.195. The summed E-state index contributed by atoms with van der Waals surface area (Å²) in [5.41, 5.74) is 0.730. The molecule has 2 aromatic rings. The van der Waals surface area contributed by atoms with E-state index in [0.717, 1.165) is 10.0 Å². The van der Waals surface area contributed by atoms with Gasteiger partial charge >= 0.3 is 0 Å². The third-order valence-electron chi connectivity index (χ3n) is 2.48. The maximum atomic E-state index is 9.68. The van der Waals surface area contributed by atoms with Gasteiger partial charge in [0.15, 0.2) is 0 Å². The van der Waals surface area contributed by atoms with Crippen LogP contribution in [-0.2, 0) is 0 Å². The first kappa shape index (κ1) is 13.4. The van der Waals surface area contributed by atoms with Gasteiger partial charge in [-0.3, -0.25) is 0 Å². The second-order valence-corrected chi connectivity index (χ2v) is 5.21. The molecule has 94 valence electrons. The quantitative estimate of drug-likeness (QED) is 0.864. The van der Waals surface area contributed by atoms with Gasteiger partial charge in [-0.25, -0.2) is 0 Å². The molecule has 0 bridgehead atoms. The molecule has 1 atom stereocenters. The lowest BCUT2D eigenvalue weighted by atomic mass is 10.1. The number of hydrogen-bond donors (Lipinski definition) is 1. The minimum atomic E-state index is -0.591. The Morgan fingerprint density at radius 1 is 1.17 bits per heavy atom. The number of hydrogen-bond acceptors (Lipinski definition) is 2. The van der Waals surface area contributed by atoms with E-state index in [0.29, 0.717) is 16.5 Å². The first-order valence-corrected chi connectivity index (χ1v) is 6.65. The summed E-state index contributed by atoms with van der Waals surface area (Å²) in [7, 11) is 0. The Labute approximate surface area is 119 Å². The standard InChI is InChI=1S/C14H12BrClO2/c1-9(17)11-4-2-3-5-13(11)18-14-8-10(15)6-7-12(14)16/h2-9,17H,1H3/t9-/m1/s1. The number of ether oxygens (including phenoxy) is 1. The monoisotopic (exact) mass is 326 g/mol. The molecule has 0 amide bonds. The molecular formula is C14H12BrClO2. The molecule has 0 aliphatic heterocycles. The highest BCUT2D eigenvalue weighted by atomic mass is 79.9. The predicted octanol–water partition coefficient (Wildman–Crippen LogP) is 4.95. The molecule has 18 heavy (non-hydrogen) atoms. The van der Waals surface area contributed by atoms with Crippen molar-refractivity contribution in [1.29, 1.82) is 0 Å². The van der Waals surface area contributed by atoms with Crippen LogP contribution in [0.3, 0.4) is 0 Å². The number of aliphatic hydroxyl groups excluding tert-OH is 1. The minimum absolute atomic E-state index is 0.526. The summed E-state index contributed by atoms with van der Waals surface area (Å²) in [5.74, 6) is 1.16. The normalized spacial score (nSPS) is 12.2. The highest BCUT2D eigenvalue weighted by molar-refractivity contribution is 9.10. The van der Waals surface area contributed by atoms with Crippen molar-refractivity contribution in [3.8, 4) is 11.5 Å². The van der Waals surface area contributed by atoms with Crippen LogP contribution in [0.25, 0.3) is 0 Å². The molecule has 0 saturated heterocycles. The number of para-hydroxylation sites is 1. The van der Waals surface area contributed by atoms with Crippen LogP contribution in [0.2, 0.25) is 5.02 Å². The number of aliphatic hydroxyl groups is 1. The van der Waals surface area contributed by atoms with Gasteiger partial charge in [0.1, 0.15) is 11.5 Å². The van der Waals surface area contributed by atoms with Crippen molar-refractivity contribution in [1.82, 2.24) is 0 Å². The summed E-state index contributed by atoms with van der Waals surface area (Å²) in [4.78, 5) is 0. The predicted molar refractivity (Wildman–Crippen MR) is 76.3 cm³/mol. The molecule has 2 rings (SSSR count). The molecule has 0 aromatic heterocycles. The molecule has 0 saturated carbocycles. The molecule has 0 heterocycles. The summed E-state index contributed by atoms with van der Waals surface area (Å²) in [6.45, 7) is 1.70. The van der Waals surface area contributed by atoms with E-state index < -0.39 is 6.10 Å². The van der Waals surface area contributed by atoms with Crippen molar-refractivity contribution in [2.45, 2.75) is 13.0 Å². The van der Waals surface area contributed by atoms with Gasteiger partial charge in [-0.05, 0) is 31.2 Å². The van der Waals surface area contributed by atoms with E-state index in [-0.39, 0.29) is 0 Å². The van der Waals surface area contributed by atoms with E-state index in [2.05, 4.69) is 15.9 Å². The fraction of sp³-hybridized carbons (Fsp3) is 0.143. The third kappa shape index (κ3) is 3.05. The number of benzene rings is 2. The Morgan fingerprint density at radius 2 is 1.89 bits per heavy atom. The Balaban J connectivity index is 2.37. The zero-order valence-corrected chi connectivity index (χ0v) is 12.1. The lowest BCUT2D eigenvalue weighted by Gasteiger charge is -2.13. The second-order valence-electron chi connectivity index (χ2n) is 3.89. The van der Waals surface area contributed by atoms with Gasteiger partial charge in [-0.15, -0.1) is 0 Å². The average Bonchev–Trinajstić information content (AvgIpc) is 2.34. The molecule has 0 aliphatic carbocycles. The summed E-state index contributed by atoms with van der Waals surface area (Å²) in [6, 6.07) is 12.7. The Morgan fingerprint density at radius 3 is 2.61 bits per heavy atom. The van der Waals surface area contributed by atoms with E-state index in [4.69, 9.17) is 16.3 Å². The maximum Gasteiger partial charge on any atom is 0.147 e. The van der Waals surface area contributed by atoms with Gasteiger partial charge in [0.05, 0.1) is 11.1 Å². The zero-order valence-electron chi connectivity index (χ0n) is 9.73. The molecule has 0 unspecified atom stereocenters. The smallest absolute Gasteiger partial charge is 0.147 e.